The second-order valence-corrected chi connectivity index (χ2v) is 5.54. The van der Waals surface area contributed by atoms with Crippen LogP contribution in [0.3, 0.4) is 0 Å². The maximum Gasteiger partial charge on any atom is 0.265 e. The summed E-state index contributed by atoms with van der Waals surface area (Å²) in [5.41, 5.74) is 0. The number of nitrogens with zero attached hydrogens (tertiary/aromatic N) is 1. The molecule has 3 nitrogen and oxygen atoms in total. The molecule has 0 radical (unpaired) electrons. The highest BCUT2D eigenvalue weighted by atomic mass is 127. The van der Waals surface area contributed by atoms with Gasteiger partial charge in [-0.15, -0.1) is 0 Å². The standard InChI is InChI=1S/C5H2ClFINO2S/c6-12(10,11)5-3(7)1-9-2-4(5)8/h1-2H. The first-order valence-electron chi connectivity index (χ1n) is 2.66. The lowest BCUT2D eigenvalue weighted by Crippen LogP contribution is -1.99. The number of pyridine rings is 1. The summed E-state index contributed by atoms with van der Waals surface area (Å²) in [6.07, 6.45) is 2.02. The highest BCUT2D eigenvalue weighted by Crippen LogP contribution is 2.23. The van der Waals surface area contributed by atoms with Gasteiger partial charge >= 0.3 is 0 Å². The summed E-state index contributed by atoms with van der Waals surface area (Å²) < 4.78 is 34.5. The van der Waals surface area contributed by atoms with Gasteiger partial charge in [0.15, 0.2) is 5.82 Å². The van der Waals surface area contributed by atoms with Crippen molar-refractivity contribution in [3.8, 4) is 0 Å². The third-order valence-electron chi connectivity index (χ3n) is 1.05. The van der Waals surface area contributed by atoms with E-state index in [1.807, 2.05) is 0 Å². The zero-order valence-corrected chi connectivity index (χ0v) is 9.19. The van der Waals surface area contributed by atoms with Crippen LogP contribution >= 0.6 is 33.3 Å². The van der Waals surface area contributed by atoms with E-state index in [0.29, 0.717) is 0 Å². The molecule has 7 heteroatoms. The predicted molar refractivity (Wildman–Crippen MR) is 50.0 cm³/mol. The molecule has 0 unspecified atom stereocenters. The lowest BCUT2D eigenvalue weighted by molar-refractivity contribution is 0.568. The van der Waals surface area contributed by atoms with Crippen molar-refractivity contribution >= 4 is 42.3 Å². The molecule has 66 valence electrons. The maximum atomic E-state index is 12.8. The van der Waals surface area contributed by atoms with Gasteiger partial charge in [-0.3, -0.25) is 4.98 Å². The summed E-state index contributed by atoms with van der Waals surface area (Å²) in [4.78, 5) is 2.94. The first kappa shape index (κ1) is 10.1. The maximum absolute atomic E-state index is 12.8. The molecule has 0 aliphatic rings. The third-order valence-corrected chi connectivity index (χ3v) is 3.60. The fraction of sp³-hybridized carbons (Fsp3) is 0. The Morgan fingerprint density at radius 2 is 2.08 bits per heavy atom. The van der Waals surface area contributed by atoms with Crippen molar-refractivity contribution in [3.63, 3.8) is 0 Å². The Kier molecular flexibility index (Phi) is 2.89. The van der Waals surface area contributed by atoms with Crippen molar-refractivity contribution in [3.05, 3.63) is 21.8 Å². The van der Waals surface area contributed by atoms with E-state index in [2.05, 4.69) is 4.98 Å². The topological polar surface area (TPSA) is 47.0 Å². The van der Waals surface area contributed by atoms with Crippen LogP contribution in [0.1, 0.15) is 0 Å². The SMILES string of the molecule is O=S(=O)(Cl)c1c(F)cncc1I. The molecule has 0 spiro atoms. The normalized spacial score (nSPS) is 11.6. The van der Waals surface area contributed by atoms with Crippen LogP contribution in [0.5, 0.6) is 0 Å². The van der Waals surface area contributed by atoms with E-state index in [1.54, 1.807) is 22.6 Å². The summed E-state index contributed by atoms with van der Waals surface area (Å²) in [5, 5.41) is 0. The van der Waals surface area contributed by atoms with Crippen LogP contribution in [0.15, 0.2) is 17.3 Å². The second kappa shape index (κ2) is 3.43. The zero-order chi connectivity index (χ0) is 9.35. The molecule has 0 fully saturated rings. The Labute approximate surface area is 86.5 Å². The van der Waals surface area contributed by atoms with Gasteiger partial charge in [-0.1, -0.05) is 0 Å². The fourth-order valence-electron chi connectivity index (χ4n) is 0.632. The van der Waals surface area contributed by atoms with Gasteiger partial charge in [0.25, 0.3) is 9.05 Å². The number of aromatic nitrogens is 1. The largest absolute Gasteiger partial charge is 0.265 e. The van der Waals surface area contributed by atoms with E-state index < -0.39 is 19.8 Å². The van der Waals surface area contributed by atoms with Crippen LogP contribution in [-0.2, 0) is 9.05 Å². The van der Waals surface area contributed by atoms with Crippen molar-refractivity contribution in [2.24, 2.45) is 0 Å². The molecule has 0 saturated heterocycles. The summed E-state index contributed by atoms with van der Waals surface area (Å²) in [7, 11) is 0.954. The second-order valence-electron chi connectivity index (χ2n) is 1.87. The van der Waals surface area contributed by atoms with E-state index in [4.69, 9.17) is 10.7 Å². The Morgan fingerprint density at radius 3 is 2.42 bits per heavy atom. The van der Waals surface area contributed by atoms with Gasteiger partial charge in [0.2, 0.25) is 0 Å². The van der Waals surface area contributed by atoms with E-state index >= 15 is 0 Å². The molecular weight excluding hydrogens is 319 g/mol. The third kappa shape index (κ3) is 2.05. The molecule has 0 aromatic carbocycles. The highest BCUT2D eigenvalue weighted by molar-refractivity contribution is 14.1. The van der Waals surface area contributed by atoms with E-state index in [1.165, 1.54) is 6.20 Å². The minimum absolute atomic E-state index is 0.169. The van der Waals surface area contributed by atoms with Crippen LogP contribution in [0, 0.1) is 9.39 Å². The molecule has 0 aliphatic heterocycles. The minimum atomic E-state index is -4.01. The van der Waals surface area contributed by atoms with Crippen LogP contribution in [0.2, 0.25) is 0 Å². The summed E-state index contributed by atoms with van der Waals surface area (Å²) >= 11 is 1.65. The molecule has 12 heavy (non-hydrogen) atoms. The molecule has 0 atom stereocenters. The Morgan fingerprint density at radius 1 is 1.50 bits per heavy atom. The van der Waals surface area contributed by atoms with Gasteiger partial charge < -0.3 is 0 Å². The Balaban J connectivity index is 3.53. The van der Waals surface area contributed by atoms with Gasteiger partial charge in [-0.25, -0.2) is 12.8 Å². The lowest BCUT2D eigenvalue weighted by atomic mass is 10.5. The Hall–Kier alpha value is 0.0500. The zero-order valence-electron chi connectivity index (χ0n) is 5.46. The highest BCUT2D eigenvalue weighted by Gasteiger charge is 2.19. The van der Waals surface area contributed by atoms with Crippen LogP contribution in [0.4, 0.5) is 4.39 Å². The average molecular weight is 321 g/mol. The first-order chi connectivity index (χ1) is 5.43. The number of hydrogen-bond acceptors (Lipinski definition) is 3. The molecule has 0 saturated carbocycles. The minimum Gasteiger partial charge on any atom is -0.260 e. The van der Waals surface area contributed by atoms with Gasteiger partial charge in [-0.05, 0) is 22.6 Å². The molecule has 1 heterocycles. The van der Waals surface area contributed by atoms with E-state index in [9.17, 15) is 12.8 Å². The molecular formula is C5H2ClFINO2S. The van der Waals surface area contributed by atoms with Crippen molar-refractivity contribution in [2.75, 3.05) is 0 Å². The van der Waals surface area contributed by atoms with Crippen molar-refractivity contribution in [1.29, 1.82) is 0 Å². The number of rotatable bonds is 1. The molecule has 0 N–H and O–H groups in total. The molecule has 0 aliphatic carbocycles. The number of hydrogen-bond donors (Lipinski definition) is 0. The first-order valence-corrected chi connectivity index (χ1v) is 6.05. The van der Waals surface area contributed by atoms with Gasteiger partial charge in [0.05, 0.1) is 9.77 Å². The van der Waals surface area contributed by atoms with Crippen molar-refractivity contribution in [2.45, 2.75) is 4.90 Å². The van der Waals surface area contributed by atoms with Crippen LogP contribution in [0.25, 0.3) is 0 Å². The van der Waals surface area contributed by atoms with Crippen molar-refractivity contribution < 1.29 is 12.8 Å². The van der Waals surface area contributed by atoms with E-state index in [-0.39, 0.29) is 3.57 Å². The van der Waals surface area contributed by atoms with Gasteiger partial charge in [0, 0.05) is 16.9 Å². The average Bonchev–Trinajstić information content (AvgIpc) is 1.82. The molecule has 0 bridgehead atoms. The quantitative estimate of drug-likeness (QED) is 0.585. The van der Waals surface area contributed by atoms with E-state index in [0.717, 1.165) is 6.20 Å². The van der Waals surface area contributed by atoms with Crippen molar-refractivity contribution in [1.82, 2.24) is 4.98 Å². The Bertz CT molecular complexity index is 388. The molecule has 0 amide bonds. The van der Waals surface area contributed by atoms with Crippen LogP contribution in [-0.4, -0.2) is 13.4 Å². The molecule has 1 aromatic heterocycles. The molecule has 1 rings (SSSR count). The van der Waals surface area contributed by atoms with Gasteiger partial charge in [-0.2, -0.15) is 0 Å². The summed E-state index contributed by atoms with van der Waals surface area (Å²) in [6.45, 7) is 0. The summed E-state index contributed by atoms with van der Waals surface area (Å²) in [6, 6.07) is 0. The predicted octanol–water partition coefficient (Wildman–Crippen LogP) is 1.75. The van der Waals surface area contributed by atoms with Crippen LogP contribution < -0.4 is 0 Å². The van der Waals surface area contributed by atoms with Gasteiger partial charge in [0.1, 0.15) is 4.90 Å². The number of halogens is 3. The monoisotopic (exact) mass is 321 g/mol. The lowest BCUT2D eigenvalue weighted by Gasteiger charge is -1.99. The molecule has 1 aromatic rings. The smallest absolute Gasteiger partial charge is 0.260 e. The summed E-state index contributed by atoms with van der Waals surface area (Å²) in [5.74, 6) is -0.933. The fourth-order valence-corrected chi connectivity index (χ4v) is 3.35.